The Balaban J connectivity index is 2.58. The number of hydrogen-bond donors (Lipinski definition) is 2. The highest BCUT2D eigenvalue weighted by molar-refractivity contribution is 7.92. The maximum absolute atomic E-state index is 12.7. The molecular weight excluding hydrogens is 308 g/mol. The van der Waals surface area contributed by atoms with Gasteiger partial charge in [-0.2, -0.15) is 0 Å². The van der Waals surface area contributed by atoms with Crippen LogP contribution < -0.4 is 10.5 Å². The summed E-state index contributed by atoms with van der Waals surface area (Å²) in [6.45, 7) is 5.30. The third-order valence-corrected chi connectivity index (χ3v) is 5.43. The van der Waals surface area contributed by atoms with Gasteiger partial charge in [0.2, 0.25) is 0 Å². The number of halogens is 1. The van der Waals surface area contributed by atoms with Gasteiger partial charge in [0.05, 0.1) is 15.6 Å². The van der Waals surface area contributed by atoms with Crippen molar-refractivity contribution in [2.24, 2.45) is 0 Å². The second kappa shape index (κ2) is 5.58. The van der Waals surface area contributed by atoms with Crippen LogP contribution in [0.3, 0.4) is 0 Å². The zero-order chi connectivity index (χ0) is 15.8. The lowest BCUT2D eigenvalue weighted by Crippen LogP contribution is -2.17. The van der Waals surface area contributed by atoms with Crippen molar-refractivity contribution in [3.63, 3.8) is 0 Å². The number of aryl methyl sites for hydroxylation is 1. The number of hydrogen-bond acceptors (Lipinski definition) is 3. The van der Waals surface area contributed by atoms with Crippen molar-refractivity contribution in [1.82, 2.24) is 0 Å². The summed E-state index contributed by atoms with van der Waals surface area (Å²) in [6, 6.07) is 8.47. The lowest BCUT2D eigenvalue weighted by molar-refractivity contribution is 0.600. The Morgan fingerprint density at radius 3 is 2.33 bits per heavy atom. The van der Waals surface area contributed by atoms with Crippen molar-refractivity contribution >= 4 is 33.0 Å². The van der Waals surface area contributed by atoms with Crippen molar-refractivity contribution in [3.05, 3.63) is 52.0 Å². The lowest BCUT2D eigenvalue weighted by atomic mass is 10.1. The van der Waals surface area contributed by atoms with E-state index in [4.69, 9.17) is 17.3 Å². The normalized spacial score (nSPS) is 11.4. The first-order chi connectivity index (χ1) is 9.74. The average molecular weight is 325 g/mol. The second-order valence-electron chi connectivity index (χ2n) is 4.95. The third kappa shape index (κ3) is 2.99. The fourth-order valence-corrected chi connectivity index (χ4v) is 4.08. The van der Waals surface area contributed by atoms with Crippen LogP contribution in [0.25, 0.3) is 0 Å². The number of sulfonamides is 1. The van der Waals surface area contributed by atoms with Gasteiger partial charge in [0.25, 0.3) is 10.0 Å². The van der Waals surface area contributed by atoms with E-state index in [0.717, 1.165) is 5.56 Å². The second-order valence-corrected chi connectivity index (χ2v) is 6.97. The van der Waals surface area contributed by atoms with E-state index < -0.39 is 10.0 Å². The maximum atomic E-state index is 12.7. The molecule has 0 aliphatic carbocycles. The van der Waals surface area contributed by atoms with Crippen LogP contribution in [0, 0.1) is 20.8 Å². The highest BCUT2D eigenvalue weighted by Gasteiger charge is 2.23. The molecule has 4 nitrogen and oxygen atoms in total. The molecule has 0 aliphatic rings. The van der Waals surface area contributed by atoms with Gasteiger partial charge < -0.3 is 5.73 Å². The van der Waals surface area contributed by atoms with Gasteiger partial charge >= 0.3 is 0 Å². The number of nitrogens with two attached hydrogens (primary N) is 1. The molecule has 21 heavy (non-hydrogen) atoms. The smallest absolute Gasteiger partial charge is 0.262 e. The molecule has 0 heterocycles. The van der Waals surface area contributed by atoms with E-state index in [1.165, 1.54) is 0 Å². The number of benzene rings is 2. The Morgan fingerprint density at radius 1 is 1.10 bits per heavy atom. The molecule has 0 aromatic heterocycles. The van der Waals surface area contributed by atoms with E-state index in [9.17, 15) is 8.42 Å². The standard InChI is InChI=1S/C15H17ClN2O2S/c1-9-8-13(17)11(3)15(10(9)2)21(19,20)18-14-7-5-4-6-12(14)16/h4-8,18H,17H2,1-3H3. The first kappa shape index (κ1) is 15.7. The van der Waals surface area contributed by atoms with E-state index in [0.29, 0.717) is 27.5 Å². The predicted octanol–water partition coefficient (Wildman–Crippen LogP) is 3.65. The minimum atomic E-state index is -3.76. The van der Waals surface area contributed by atoms with Gasteiger partial charge in [0, 0.05) is 5.69 Å². The molecule has 2 rings (SSSR count). The molecule has 0 amide bonds. The molecule has 0 bridgehead atoms. The predicted molar refractivity (Wildman–Crippen MR) is 87.3 cm³/mol. The van der Waals surface area contributed by atoms with Gasteiger partial charge in [-0.25, -0.2) is 8.42 Å². The Morgan fingerprint density at radius 2 is 1.71 bits per heavy atom. The van der Waals surface area contributed by atoms with Gasteiger partial charge in [-0.1, -0.05) is 23.7 Å². The topological polar surface area (TPSA) is 72.2 Å². The van der Waals surface area contributed by atoms with Crippen molar-refractivity contribution in [3.8, 4) is 0 Å². The minimum Gasteiger partial charge on any atom is -0.398 e. The van der Waals surface area contributed by atoms with E-state index in [1.807, 2.05) is 6.92 Å². The minimum absolute atomic E-state index is 0.208. The van der Waals surface area contributed by atoms with Crippen LogP contribution >= 0.6 is 11.6 Å². The van der Waals surface area contributed by atoms with Gasteiger partial charge in [0.15, 0.2) is 0 Å². The Hall–Kier alpha value is -1.72. The molecule has 112 valence electrons. The van der Waals surface area contributed by atoms with Crippen LogP contribution in [0.4, 0.5) is 11.4 Å². The van der Waals surface area contributed by atoms with Gasteiger partial charge in [-0.3, -0.25) is 4.72 Å². The molecule has 0 saturated carbocycles. The summed E-state index contributed by atoms with van der Waals surface area (Å²) in [5, 5.41) is 0.344. The van der Waals surface area contributed by atoms with Crippen LogP contribution in [0.2, 0.25) is 5.02 Å². The molecule has 2 aromatic rings. The molecule has 3 N–H and O–H groups in total. The Kier molecular flexibility index (Phi) is 4.16. The molecule has 0 radical (unpaired) electrons. The molecule has 0 fully saturated rings. The zero-order valence-electron chi connectivity index (χ0n) is 12.1. The summed E-state index contributed by atoms with van der Waals surface area (Å²) < 4.78 is 27.9. The lowest BCUT2D eigenvalue weighted by Gasteiger charge is -2.17. The number of nitrogens with one attached hydrogen (secondary N) is 1. The van der Waals surface area contributed by atoms with Crippen LogP contribution in [-0.4, -0.2) is 8.42 Å². The van der Waals surface area contributed by atoms with Gasteiger partial charge in [-0.05, 0) is 55.7 Å². The van der Waals surface area contributed by atoms with E-state index >= 15 is 0 Å². The van der Waals surface area contributed by atoms with Crippen molar-refractivity contribution in [2.75, 3.05) is 10.5 Å². The summed E-state index contributed by atoms with van der Waals surface area (Å²) in [4.78, 5) is 0.208. The van der Waals surface area contributed by atoms with Crippen molar-refractivity contribution < 1.29 is 8.42 Å². The van der Waals surface area contributed by atoms with Gasteiger partial charge in [-0.15, -0.1) is 0 Å². The summed E-state index contributed by atoms with van der Waals surface area (Å²) in [5.74, 6) is 0. The Labute approximate surface area is 130 Å². The molecule has 0 saturated heterocycles. The molecule has 0 unspecified atom stereocenters. The summed E-state index contributed by atoms with van der Waals surface area (Å²) in [5.41, 5.74) is 8.75. The highest BCUT2D eigenvalue weighted by atomic mass is 35.5. The number of para-hydroxylation sites is 1. The average Bonchev–Trinajstić information content (AvgIpc) is 2.39. The largest absolute Gasteiger partial charge is 0.398 e. The summed E-state index contributed by atoms with van der Waals surface area (Å²) >= 11 is 6.01. The van der Waals surface area contributed by atoms with Crippen LogP contribution in [0.15, 0.2) is 35.2 Å². The SMILES string of the molecule is Cc1cc(N)c(C)c(S(=O)(=O)Nc2ccccc2Cl)c1C. The number of nitrogen functional groups attached to an aromatic ring is 1. The molecule has 6 heteroatoms. The van der Waals surface area contributed by atoms with Crippen molar-refractivity contribution in [2.45, 2.75) is 25.7 Å². The van der Waals surface area contributed by atoms with Crippen LogP contribution in [-0.2, 0) is 10.0 Å². The third-order valence-electron chi connectivity index (χ3n) is 3.46. The monoisotopic (exact) mass is 324 g/mol. The fraction of sp³-hybridized carbons (Fsp3) is 0.200. The van der Waals surface area contributed by atoms with Gasteiger partial charge in [0.1, 0.15) is 0 Å². The van der Waals surface area contributed by atoms with Crippen molar-refractivity contribution in [1.29, 1.82) is 0 Å². The van der Waals surface area contributed by atoms with E-state index in [1.54, 1.807) is 44.2 Å². The molecule has 2 aromatic carbocycles. The Bertz CT molecular complexity index is 775. The molecule has 0 aliphatic heterocycles. The van der Waals surface area contributed by atoms with Crippen LogP contribution in [0.5, 0.6) is 0 Å². The summed E-state index contributed by atoms with van der Waals surface area (Å²) in [6.07, 6.45) is 0. The molecule has 0 spiro atoms. The fourth-order valence-electron chi connectivity index (χ4n) is 2.18. The first-order valence-electron chi connectivity index (χ1n) is 6.37. The molecule has 0 atom stereocenters. The number of anilines is 2. The van der Waals surface area contributed by atoms with E-state index in [2.05, 4.69) is 4.72 Å². The summed E-state index contributed by atoms with van der Waals surface area (Å²) in [7, 11) is -3.76. The van der Waals surface area contributed by atoms with E-state index in [-0.39, 0.29) is 4.90 Å². The number of rotatable bonds is 3. The zero-order valence-corrected chi connectivity index (χ0v) is 13.6. The quantitative estimate of drug-likeness (QED) is 0.846. The molecular formula is C15H17ClN2O2S. The van der Waals surface area contributed by atoms with Crippen LogP contribution in [0.1, 0.15) is 16.7 Å². The maximum Gasteiger partial charge on any atom is 0.262 e. The highest BCUT2D eigenvalue weighted by Crippen LogP contribution is 2.31. The first-order valence-corrected chi connectivity index (χ1v) is 8.24.